The highest BCUT2D eigenvalue weighted by molar-refractivity contribution is 5.81. The Labute approximate surface area is 117 Å². The Morgan fingerprint density at radius 1 is 1.35 bits per heavy atom. The number of carbonyl (C=O) groups excluding carboxylic acids is 1. The van der Waals surface area contributed by atoms with E-state index in [4.69, 9.17) is 5.11 Å². The third kappa shape index (κ3) is 4.03. The molecule has 0 heterocycles. The minimum atomic E-state index is -1.14. The SMILES string of the molecule is CN(CC(=O)NCc1ccccc1F)C(C)(C)C(=O)O. The number of amides is 1. The van der Waals surface area contributed by atoms with Gasteiger partial charge in [-0.2, -0.15) is 0 Å². The maximum atomic E-state index is 13.4. The van der Waals surface area contributed by atoms with E-state index in [1.165, 1.54) is 24.8 Å². The minimum Gasteiger partial charge on any atom is -0.480 e. The molecule has 5 nitrogen and oxygen atoms in total. The van der Waals surface area contributed by atoms with Crippen molar-refractivity contribution >= 4 is 11.9 Å². The molecule has 0 bridgehead atoms. The fraction of sp³-hybridized carbons (Fsp3) is 0.429. The van der Waals surface area contributed by atoms with Crippen LogP contribution in [0.1, 0.15) is 19.4 Å². The first kappa shape index (κ1) is 16.1. The molecule has 1 aromatic carbocycles. The zero-order chi connectivity index (χ0) is 15.3. The summed E-state index contributed by atoms with van der Waals surface area (Å²) in [5, 5.41) is 11.6. The number of nitrogens with one attached hydrogen (secondary N) is 1. The van der Waals surface area contributed by atoms with Crippen molar-refractivity contribution < 1.29 is 19.1 Å². The molecule has 1 rings (SSSR count). The van der Waals surface area contributed by atoms with E-state index < -0.39 is 11.5 Å². The summed E-state index contributed by atoms with van der Waals surface area (Å²) < 4.78 is 13.4. The van der Waals surface area contributed by atoms with Crippen LogP contribution in [0.4, 0.5) is 4.39 Å². The van der Waals surface area contributed by atoms with Gasteiger partial charge in [-0.1, -0.05) is 18.2 Å². The number of halogens is 1. The summed E-state index contributed by atoms with van der Waals surface area (Å²) in [6, 6.07) is 6.16. The molecule has 1 amide bonds. The van der Waals surface area contributed by atoms with Gasteiger partial charge in [0.25, 0.3) is 0 Å². The number of likely N-dealkylation sites (N-methyl/N-ethyl adjacent to an activating group) is 1. The first-order valence-electron chi connectivity index (χ1n) is 6.20. The van der Waals surface area contributed by atoms with Crippen molar-refractivity contribution in [2.24, 2.45) is 0 Å². The van der Waals surface area contributed by atoms with Gasteiger partial charge in [0.2, 0.25) is 5.91 Å². The van der Waals surface area contributed by atoms with Gasteiger partial charge in [0.05, 0.1) is 6.54 Å². The van der Waals surface area contributed by atoms with E-state index >= 15 is 0 Å². The summed E-state index contributed by atoms with van der Waals surface area (Å²) in [7, 11) is 1.55. The first-order chi connectivity index (χ1) is 9.25. The van der Waals surface area contributed by atoms with Crippen LogP contribution in [0.2, 0.25) is 0 Å². The van der Waals surface area contributed by atoms with Crippen LogP contribution in [0.3, 0.4) is 0 Å². The molecular weight excluding hydrogens is 263 g/mol. The van der Waals surface area contributed by atoms with Crippen molar-refractivity contribution in [1.29, 1.82) is 0 Å². The second-order valence-corrected chi connectivity index (χ2v) is 5.09. The fourth-order valence-corrected chi connectivity index (χ4v) is 1.47. The van der Waals surface area contributed by atoms with Crippen LogP contribution < -0.4 is 5.32 Å². The molecule has 1 aromatic rings. The molecule has 0 aliphatic carbocycles. The van der Waals surface area contributed by atoms with Crippen molar-refractivity contribution in [3.05, 3.63) is 35.6 Å². The Kier molecular flexibility index (Phi) is 5.21. The summed E-state index contributed by atoms with van der Waals surface area (Å²) in [6.45, 7) is 3.03. The molecule has 0 fully saturated rings. The van der Waals surface area contributed by atoms with Crippen LogP contribution in [0.5, 0.6) is 0 Å². The predicted molar refractivity (Wildman–Crippen MR) is 72.6 cm³/mol. The largest absolute Gasteiger partial charge is 0.480 e. The lowest BCUT2D eigenvalue weighted by molar-refractivity contribution is -0.149. The maximum Gasteiger partial charge on any atom is 0.323 e. The maximum absolute atomic E-state index is 13.4. The second kappa shape index (κ2) is 6.47. The molecule has 0 atom stereocenters. The predicted octanol–water partition coefficient (Wildman–Crippen LogP) is 1.24. The molecule has 2 N–H and O–H groups in total. The zero-order valence-corrected chi connectivity index (χ0v) is 11.8. The molecule has 0 aliphatic rings. The first-order valence-corrected chi connectivity index (χ1v) is 6.20. The zero-order valence-electron chi connectivity index (χ0n) is 11.8. The average Bonchev–Trinajstić information content (AvgIpc) is 2.37. The molecule has 0 saturated heterocycles. The Morgan fingerprint density at radius 3 is 2.50 bits per heavy atom. The van der Waals surface area contributed by atoms with Crippen molar-refractivity contribution in [2.45, 2.75) is 25.9 Å². The minimum absolute atomic E-state index is 0.0756. The highest BCUT2D eigenvalue weighted by Gasteiger charge is 2.32. The second-order valence-electron chi connectivity index (χ2n) is 5.09. The Hall–Kier alpha value is -1.95. The van der Waals surface area contributed by atoms with Crippen molar-refractivity contribution in [2.75, 3.05) is 13.6 Å². The van der Waals surface area contributed by atoms with Crippen LogP contribution in [-0.4, -0.2) is 41.0 Å². The van der Waals surface area contributed by atoms with E-state index in [0.29, 0.717) is 5.56 Å². The Bertz CT molecular complexity index is 503. The number of nitrogens with zero attached hydrogens (tertiary/aromatic N) is 1. The third-order valence-corrected chi connectivity index (χ3v) is 3.29. The van der Waals surface area contributed by atoms with Gasteiger partial charge in [-0.25, -0.2) is 4.39 Å². The highest BCUT2D eigenvalue weighted by atomic mass is 19.1. The van der Waals surface area contributed by atoms with Crippen molar-refractivity contribution in [3.63, 3.8) is 0 Å². The van der Waals surface area contributed by atoms with Gasteiger partial charge in [0, 0.05) is 12.1 Å². The van der Waals surface area contributed by atoms with Gasteiger partial charge < -0.3 is 10.4 Å². The fourth-order valence-electron chi connectivity index (χ4n) is 1.47. The number of aliphatic carboxylic acids is 1. The molecule has 0 unspecified atom stereocenters. The number of hydrogen-bond acceptors (Lipinski definition) is 3. The summed E-state index contributed by atoms with van der Waals surface area (Å²) in [5.74, 6) is -1.75. The molecule has 20 heavy (non-hydrogen) atoms. The number of carbonyl (C=O) groups is 2. The van der Waals surface area contributed by atoms with Crippen LogP contribution in [0.25, 0.3) is 0 Å². The number of carboxylic acids is 1. The molecule has 0 radical (unpaired) electrons. The van der Waals surface area contributed by atoms with Crippen LogP contribution in [0, 0.1) is 5.82 Å². The van der Waals surface area contributed by atoms with E-state index in [9.17, 15) is 14.0 Å². The van der Waals surface area contributed by atoms with Gasteiger partial charge in [-0.05, 0) is 27.0 Å². The van der Waals surface area contributed by atoms with E-state index in [0.717, 1.165) is 0 Å². The van der Waals surface area contributed by atoms with E-state index in [-0.39, 0.29) is 24.8 Å². The van der Waals surface area contributed by atoms with Crippen LogP contribution in [0.15, 0.2) is 24.3 Å². The Morgan fingerprint density at radius 2 is 1.95 bits per heavy atom. The molecule has 0 aromatic heterocycles. The monoisotopic (exact) mass is 282 g/mol. The molecule has 0 saturated carbocycles. The quantitative estimate of drug-likeness (QED) is 0.823. The van der Waals surface area contributed by atoms with E-state index in [1.54, 1.807) is 25.2 Å². The smallest absolute Gasteiger partial charge is 0.323 e. The van der Waals surface area contributed by atoms with Gasteiger partial charge in [0.1, 0.15) is 11.4 Å². The number of carboxylic acid groups (broad SMARTS) is 1. The summed E-state index contributed by atoms with van der Waals surface area (Å²) in [5.41, 5.74) is -0.754. The van der Waals surface area contributed by atoms with Gasteiger partial charge in [-0.3, -0.25) is 14.5 Å². The van der Waals surface area contributed by atoms with Crippen molar-refractivity contribution in [3.8, 4) is 0 Å². The van der Waals surface area contributed by atoms with Gasteiger partial charge in [0.15, 0.2) is 0 Å². The van der Waals surface area contributed by atoms with E-state index in [2.05, 4.69) is 5.32 Å². The lowest BCUT2D eigenvalue weighted by Crippen LogP contribution is -2.51. The van der Waals surface area contributed by atoms with Gasteiger partial charge >= 0.3 is 5.97 Å². The van der Waals surface area contributed by atoms with Crippen LogP contribution >= 0.6 is 0 Å². The molecule has 110 valence electrons. The lowest BCUT2D eigenvalue weighted by Gasteiger charge is -2.30. The number of hydrogen-bond donors (Lipinski definition) is 2. The molecule has 0 spiro atoms. The third-order valence-electron chi connectivity index (χ3n) is 3.29. The molecule has 6 heteroatoms. The average molecular weight is 282 g/mol. The lowest BCUT2D eigenvalue weighted by atomic mass is 10.0. The number of rotatable bonds is 6. The standard InChI is InChI=1S/C14H19FN2O3/c1-14(2,13(19)20)17(3)9-12(18)16-8-10-6-4-5-7-11(10)15/h4-7H,8-9H2,1-3H3,(H,16,18)(H,19,20). The summed E-state index contributed by atoms with van der Waals surface area (Å²) in [6.07, 6.45) is 0. The van der Waals surface area contributed by atoms with E-state index in [1.807, 2.05) is 0 Å². The van der Waals surface area contributed by atoms with Crippen molar-refractivity contribution in [1.82, 2.24) is 10.2 Å². The molecular formula is C14H19FN2O3. The molecule has 0 aliphatic heterocycles. The Balaban J connectivity index is 2.53. The topological polar surface area (TPSA) is 69.6 Å². The summed E-state index contributed by atoms with van der Waals surface area (Å²) in [4.78, 5) is 24.2. The highest BCUT2D eigenvalue weighted by Crippen LogP contribution is 2.11. The van der Waals surface area contributed by atoms with Crippen LogP contribution in [-0.2, 0) is 16.1 Å². The number of benzene rings is 1. The van der Waals surface area contributed by atoms with Gasteiger partial charge in [-0.15, -0.1) is 0 Å². The normalized spacial score (nSPS) is 11.4. The summed E-state index contributed by atoms with van der Waals surface area (Å²) >= 11 is 0.